The first kappa shape index (κ1) is 18.9. The molecular weight excluding hydrogens is 372 g/mol. The van der Waals surface area contributed by atoms with Crippen molar-refractivity contribution in [2.24, 2.45) is 10.7 Å². The number of ether oxygens (including phenoxy) is 1. The average molecular weight is 393 g/mol. The minimum atomic E-state index is -0.275. The van der Waals surface area contributed by atoms with Crippen molar-refractivity contribution in [3.8, 4) is 0 Å². The van der Waals surface area contributed by atoms with Crippen molar-refractivity contribution < 1.29 is 9.13 Å². The fraction of sp³-hybridized carbons (Fsp3) is 0.357. The molecule has 0 bridgehead atoms. The van der Waals surface area contributed by atoms with Crippen LogP contribution in [0.3, 0.4) is 0 Å². The lowest BCUT2D eigenvalue weighted by Crippen LogP contribution is -2.32. The Kier molecular flexibility index (Phi) is 9.15. The molecule has 1 aromatic rings. The fourth-order valence-corrected chi connectivity index (χ4v) is 1.47. The van der Waals surface area contributed by atoms with Gasteiger partial charge in [-0.05, 0) is 24.6 Å². The fourth-order valence-electron chi connectivity index (χ4n) is 1.47. The summed E-state index contributed by atoms with van der Waals surface area (Å²) in [7, 11) is 1.53. The van der Waals surface area contributed by atoms with Crippen LogP contribution >= 0.6 is 24.0 Å². The van der Waals surface area contributed by atoms with E-state index in [9.17, 15) is 4.39 Å². The molecule has 0 aliphatic rings. The van der Waals surface area contributed by atoms with Crippen molar-refractivity contribution in [3.05, 3.63) is 47.3 Å². The Hall–Kier alpha value is -1.15. The Morgan fingerprint density at radius 3 is 2.80 bits per heavy atom. The second-order valence-corrected chi connectivity index (χ2v) is 4.37. The van der Waals surface area contributed by atoms with Crippen LogP contribution < -0.4 is 11.1 Å². The smallest absolute Gasteiger partial charge is 0.189 e. The first-order valence-electron chi connectivity index (χ1n) is 5.97. The van der Waals surface area contributed by atoms with Gasteiger partial charge in [0.1, 0.15) is 5.82 Å². The van der Waals surface area contributed by atoms with E-state index in [1.54, 1.807) is 12.1 Å². The summed E-state index contributed by atoms with van der Waals surface area (Å²) in [6, 6.07) is 4.83. The topological polar surface area (TPSA) is 59.6 Å². The summed E-state index contributed by atoms with van der Waals surface area (Å²) in [5.74, 6) is 0.0728. The lowest BCUT2D eigenvalue weighted by atomic mass is 10.1. The molecule has 0 unspecified atom stereocenters. The predicted molar refractivity (Wildman–Crippen MR) is 90.7 cm³/mol. The van der Waals surface area contributed by atoms with Crippen molar-refractivity contribution in [3.63, 3.8) is 0 Å². The average Bonchev–Trinajstić information content (AvgIpc) is 2.37. The Bertz CT molecular complexity index is 477. The van der Waals surface area contributed by atoms with Crippen LogP contribution in [-0.4, -0.2) is 19.6 Å². The van der Waals surface area contributed by atoms with Gasteiger partial charge in [0, 0.05) is 19.2 Å². The lowest BCUT2D eigenvalue weighted by molar-refractivity contribution is 0.181. The Morgan fingerprint density at radius 2 is 2.20 bits per heavy atom. The van der Waals surface area contributed by atoms with Crippen LogP contribution in [0.1, 0.15) is 18.1 Å². The standard InChI is InChI=1S/C14H20FN3O.HI/c1-10(2)7-17-14(16)18-8-11-4-5-13(15)12(6-11)9-19-3;/h4-6H,1,7-9H2,2-3H3,(H3,16,17,18);1H. The van der Waals surface area contributed by atoms with Crippen LogP contribution in [0, 0.1) is 5.82 Å². The van der Waals surface area contributed by atoms with Gasteiger partial charge in [0.25, 0.3) is 0 Å². The molecule has 1 rings (SSSR count). The zero-order chi connectivity index (χ0) is 14.3. The first-order valence-corrected chi connectivity index (χ1v) is 5.97. The molecular formula is C14H21FIN3O. The molecule has 0 amide bonds. The van der Waals surface area contributed by atoms with Crippen molar-refractivity contribution in [2.45, 2.75) is 20.1 Å². The van der Waals surface area contributed by atoms with Crippen LogP contribution in [0.15, 0.2) is 35.3 Å². The van der Waals surface area contributed by atoms with Crippen molar-refractivity contribution in [2.75, 3.05) is 13.7 Å². The number of nitrogens with zero attached hydrogens (tertiary/aromatic N) is 1. The van der Waals surface area contributed by atoms with E-state index in [4.69, 9.17) is 10.5 Å². The van der Waals surface area contributed by atoms with Gasteiger partial charge >= 0.3 is 0 Å². The highest BCUT2D eigenvalue weighted by Crippen LogP contribution is 2.12. The van der Waals surface area contributed by atoms with Gasteiger partial charge in [0.2, 0.25) is 0 Å². The summed E-state index contributed by atoms with van der Waals surface area (Å²) < 4.78 is 18.3. The molecule has 0 saturated heterocycles. The third kappa shape index (κ3) is 6.85. The van der Waals surface area contributed by atoms with Gasteiger partial charge in [0.05, 0.1) is 13.2 Å². The second-order valence-electron chi connectivity index (χ2n) is 4.37. The van der Waals surface area contributed by atoms with Crippen LogP contribution in [0.4, 0.5) is 4.39 Å². The molecule has 3 N–H and O–H groups in total. The number of methoxy groups -OCH3 is 1. The van der Waals surface area contributed by atoms with E-state index in [-0.39, 0.29) is 36.4 Å². The Labute approximate surface area is 136 Å². The maximum absolute atomic E-state index is 13.4. The van der Waals surface area contributed by atoms with E-state index in [2.05, 4.69) is 16.9 Å². The van der Waals surface area contributed by atoms with E-state index in [1.165, 1.54) is 13.2 Å². The number of rotatable bonds is 6. The maximum Gasteiger partial charge on any atom is 0.189 e. The summed E-state index contributed by atoms with van der Waals surface area (Å²) in [5, 5.41) is 2.93. The van der Waals surface area contributed by atoms with Crippen molar-refractivity contribution >= 4 is 29.9 Å². The molecule has 0 radical (unpaired) electrons. The van der Waals surface area contributed by atoms with Crippen LogP contribution in [-0.2, 0) is 17.9 Å². The van der Waals surface area contributed by atoms with Crippen LogP contribution in [0.25, 0.3) is 0 Å². The van der Waals surface area contributed by atoms with E-state index in [0.29, 0.717) is 24.6 Å². The van der Waals surface area contributed by atoms with Gasteiger partial charge in [-0.25, -0.2) is 9.38 Å². The van der Waals surface area contributed by atoms with E-state index in [1.807, 2.05) is 6.92 Å². The molecule has 0 saturated carbocycles. The normalized spacial score (nSPS) is 10.8. The highest BCUT2D eigenvalue weighted by molar-refractivity contribution is 14.0. The van der Waals surface area contributed by atoms with Gasteiger partial charge in [0.15, 0.2) is 5.96 Å². The number of aliphatic imine (C=N–C) groups is 1. The second kappa shape index (κ2) is 9.71. The number of nitrogens with one attached hydrogen (secondary N) is 1. The summed E-state index contributed by atoms with van der Waals surface area (Å²) in [6.45, 7) is 6.89. The molecule has 112 valence electrons. The van der Waals surface area contributed by atoms with Crippen molar-refractivity contribution in [1.29, 1.82) is 0 Å². The number of benzene rings is 1. The summed E-state index contributed by atoms with van der Waals surface area (Å²) in [6.07, 6.45) is 0. The zero-order valence-electron chi connectivity index (χ0n) is 11.8. The van der Waals surface area contributed by atoms with Gasteiger partial charge in [-0.2, -0.15) is 0 Å². The number of hydrogen-bond donors (Lipinski definition) is 2. The quantitative estimate of drug-likeness (QED) is 0.338. The van der Waals surface area contributed by atoms with Gasteiger partial charge in [-0.1, -0.05) is 18.2 Å². The van der Waals surface area contributed by atoms with E-state index in [0.717, 1.165) is 11.1 Å². The minimum absolute atomic E-state index is 0. The highest BCUT2D eigenvalue weighted by atomic mass is 127. The zero-order valence-corrected chi connectivity index (χ0v) is 14.1. The van der Waals surface area contributed by atoms with Crippen LogP contribution in [0.2, 0.25) is 0 Å². The number of nitrogens with two attached hydrogens (primary N) is 1. The Morgan fingerprint density at radius 1 is 1.50 bits per heavy atom. The summed E-state index contributed by atoms with van der Waals surface area (Å²) >= 11 is 0. The van der Waals surface area contributed by atoms with Gasteiger partial charge < -0.3 is 15.8 Å². The third-order valence-electron chi connectivity index (χ3n) is 2.41. The number of halogens is 2. The predicted octanol–water partition coefficient (Wildman–Crippen LogP) is 2.57. The van der Waals surface area contributed by atoms with E-state index >= 15 is 0 Å². The molecule has 4 nitrogen and oxygen atoms in total. The lowest BCUT2D eigenvalue weighted by Gasteiger charge is -2.06. The first-order chi connectivity index (χ1) is 9.02. The van der Waals surface area contributed by atoms with Gasteiger partial charge in [-0.3, -0.25) is 0 Å². The molecule has 0 aromatic heterocycles. The molecule has 1 aromatic carbocycles. The highest BCUT2D eigenvalue weighted by Gasteiger charge is 2.03. The largest absolute Gasteiger partial charge is 0.380 e. The minimum Gasteiger partial charge on any atom is -0.380 e. The SMILES string of the molecule is C=C(C)CNC(N)=NCc1ccc(F)c(COC)c1.I. The van der Waals surface area contributed by atoms with E-state index < -0.39 is 0 Å². The molecule has 6 heteroatoms. The number of hydrogen-bond acceptors (Lipinski definition) is 2. The maximum atomic E-state index is 13.4. The molecule has 0 spiro atoms. The molecule has 0 aliphatic heterocycles. The Balaban J connectivity index is 0.00000361. The van der Waals surface area contributed by atoms with Gasteiger partial charge in [-0.15, -0.1) is 24.0 Å². The third-order valence-corrected chi connectivity index (χ3v) is 2.41. The monoisotopic (exact) mass is 393 g/mol. The summed E-state index contributed by atoms with van der Waals surface area (Å²) in [5.41, 5.74) is 8.07. The van der Waals surface area contributed by atoms with Crippen molar-refractivity contribution in [1.82, 2.24) is 5.32 Å². The molecule has 0 aliphatic carbocycles. The summed E-state index contributed by atoms with van der Waals surface area (Å²) in [4.78, 5) is 4.18. The molecule has 0 atom stereocenters. The molecule has 0 fully saturated rings. The number of guanidine groups is 1. The van der Waals surface area contributed by atoms with Crippen LogP contribution in [0.5, 0.6) is 0 Å². The molecule has 0 heterocycles. The molecule has 20 heavy (non-hydrogen) atoms.